The molecule has 0 unspecified atom stereocenters. The highest BCUT2D eigenvalue weighted by molar-refractivity contribution is 4.87. The lowest BCUT2D eigenvalue weighted by atomic mass is 10.3. The first-order valence-electron chi connectivity index (χ1n) is 2.89. The second-order valence-corrected chi connectivity index (χ2v) is 1.59. The van der Waals surface area contributed by atoms with E-state index in [1.54, 1.807) is 6.08 Å². The van der Waals surface area contributed by atoms with Crippen LogP contribution in [0.5, 0.6) is 0 Å². The predicted octanol–water partition coefficient (Wildman–Crippen LogP) is 2.54. The largest absolute Gasteiger partial charge is 0.0882 e. The lowest BCUT2D eigenvalue weighted by Crippen LogP contribution is -1.60. The Kier molecular flexibility index (Phi) is 6.06. The Morgan fingerprint density at radius 1 is 1.38 bits per heavy atom. The SMILES string of the molecule is [CH]=CC/C=C/CC[CH2]. The van der Waals surface area contributed by atoms with Crippen LogP contribution in [0.4, 0.5) is 0 Å². The summed E-state index contributed by atoms with van der Waals surface area (Å²) in [6.07, 6.45) is 8.69. The Labute approximate surface area is 51.9 Å². The van der Waals surface area contributed by atoms with Crippen LogP contribution in [0.25, 0.3) is 0 Å². The van der Waals surface area contributed by atoms with E-state index in [-0.39, 0.29) is 0 Å². The molecule has 0 aromatic carbocycles. The summed E-state index contributed by atoms with van der Waals surface area (Å²) in [5.41, 5.74) is 0. The maximum absolute atomic E-state index is 5.12. The van der Waals surface area contributed by atoms with Gasteiger partial charge in [0.2, 0.25) is 0 Å². The van der Waals surface area contributed by atoms with E-state index in [4.69, 9.17) is 6.58 Å². The van der Waals surface area contributed by atoms with E-state index >= 15 is 0 Å². The number of hydrogen-bond donors (Lipinski definition) is 0. The molecule has 0 aliphatic heterocycles. The van der Waals surface area contributed by atoms with Gasteiger partial charge in [-0.1, -0.05) is 31.7 Å². The highest BCUT2D eigenvalue weighted by atomic mass is 13.8. The van der Waals surface area contributed by atoms with Crippen molar-refractivity contribution >= 4 is 0 Å². The second kappa shape index (κ2) is 6.48. The highest BCUT2D eigenvalue weighted by Gasteiger charge is 1.69. The summed E-state index contributed by atoms with van der Waals surface area (Å²) in [6, 6.07) is 0. The number of unbranched alkanes of at least 4 members (excludes halogenated alkanes) is 1. The third-order valence-corrected chi connectivity index (χ3v) is 0.810. The van der Waals surface area contributed by atoms with Gasteiger partial charge >= 0.3 is 0 Å². The molecular weight excluding hydrogens is 96.1 g/mol. The molecule has 0 atom stereocenters. The first-order valence-corrected chi connectivity index (χ1v) is 2.89. The second-order valence-electron chi connectivity index (χ2n) is 1.59. The third kappa shape index (κ3) is 5.48. The molecule has 0 heteroatoms. The topological polar surface area (TPSA) is 0 Å². The van der Waals surface area contributed by atoms with Gasteiger partial charge in [0.05, 0.1) is 0 Å². The molecular formula is C8H12. The molecule has 0 fully saturated rings. The minimum atomic E-state index is 0.875. The highest BCUT2D eigenvalue weighted by Crippen LogP contribution is 1.89. The molecule has 0 N–H and O–H groups in total. The van der Waals surface area contributed by atoms with E-state index in [0.717, 1.165) is 19.3 Å². The van der Waals surface area contributed by atoms with E-state index in [9.17, 15) is 0 Å². The van der Waals surface area contributed by atoms with Gasteiger partial charge in [-0.15, -0.1) is 0 Å². The van der Waals surface area contributed by atoms with Gasteiger partial charge in [-0.2, -0.15) is 0 Å². The first kappa shape index (κ1) is 7.48. The van der Waals surface area contributed by atoms with E-state index < -0.39 is 0 Å². The monoisotopic (exact) mass is 108 g/mol. The molecule has 2 radical (unpaired) electrons. The lowest BCUT2D eigenvalue weighted by Gasteiger charge is -1.80. The summed E-state index contributed by atoms with van der Waals surface area (Å²) in [6.45, 7) is 8.81. The van der Waals surface area contributed by atoms with Crippen molar-refractivity contribution in [3.05, 3.63) is 31.7 Å². The standard InChI is InChI=1S/C8H12/c1-3-5-7-8-6-4-2/h1,3,7-8H,2,4-6H2/b3-1?,8-7+. The lowest BCUT2D eigenvalue weighted by molar-refractivity contribution is 1.04. The van der Waals surface area contributed by atoms with Crippen molar-refractivity contribution in [2.24, 2.45) is 0 Å². The molecule has 0 nitrogen and oxygen atoms in total. The minimum Gasteiger partial charge on any atom is -0.0882 e. The van der Waals surface area contributed by atoms with E-state index in [0.29, 0.717) is 0 Å². The summed E-state index contributed by atoms with van der Waals surface area (Å²) in [5, 5.41) is 0. The molecule has 0 spiro atoms. The molecule has 0 aromatic heterocycles. The zero-order valence-electron chi connectivity index (χ0n) is 5.14. The van der Waals surface area contributed by atoms with Gasteiger partial charge in [0.15, 0.2) is 0 Å². The number of allylic oxidation sites excluding steroid dienone is 3. The summed E-state index contributed by atoms with van der Waals surface area (Å²) in [7, 11) is 0. The molecule has 0 saturated carbocycles. The van der Waals surface area contributed by atoms with E-state index in [1.165, 1.54) is 0 Å². The van der Waals surface area contributed by atoms with Gasteiger partial charge in [0.25, 0.3) is 0 Å². The molecule has 0 aromatic rings. The van der Waals surface area contributed by atoms with Crippen molar-refractivity contribution in [1.82, 2.24) is 0 Å². The van der Waals surface area contributed by atoms with Gasteiger partial charge in [0.1, 0.15) is 0 Å². The normalized spacial score (nSPS) is 10.1. The van der Waals surface area contributed by atoms with Crippen molar-refractivity contribution in [3.63, 3.8) is 0 Å². The fourth-order valence-corrected chi connectivity index (χ4v) is 0.410. The molecule has 0 heterocycles. The molecule has 0 rings (SSSR count). The Morgan fingerprint density at radius 2 is 2.12 bits per heavy atom. The zero-order valence-corrected chi connectivity index (χ0v) is 5.14. The van der Waals surface area contributed by atoms with E-state index in [1.807, 2.05) is 6.08 Å². The van der Waals surface area contributed by atoms with Gasteiger partial charge < -0.3 is 0 Å². The van der Waals surface area contributed by atoms with Crippen LogP contribution in [0, 0.1) is 13.5 Å². The molecule has 0 saturated heterocycles. The molecule has 0 aliphatic rings. The van der Waals surface area contributed by atoms with Crippen LogP contribution >= 0.6 is 0 Å². The fourth-order valence-electron chi connectivity index (χ4n) is 0.410. The predicted molar refractivity (Wildman–Crippen MR) is 37.2 cm³/mol. The van der Waals surface area contributed by atoms with Crippen molar-refractivity contribution in [3.8, 4) is 0 Å². The van der Waals surface area contributed by atoms with Crippen LogP contribution in [0.3, 0.4) is 0 Å². The third-order valence-electron chi connectivity index (χ3n) is 0.810. The maximum Gasteiger partial charge on any atom is -0.0166 e. The number of hydrogen-bond acceptors (Lipinski definition) is 0. The van der Waals surface area contributed by atoms with Crippen LogP contribution in [0.15, 0.2) is 18.2 Å². The van der Waals surface area contributed by atoms with Crippen LogP contribution in [-0.2, 0) is 0 Å². The molecule has 0 amide bonds. The fraction of sp³-hybridized carbons (Fsp3) is 0.375. The van der Waals surface area contributed by atoms with Crippen molar-refractivity contribution in [2.45, 2.75) is 19.3 Å². The van der Waals surface area contributed by atoms with Gasteiger partial charge in [-0.05, 0) is 19.3 Å². The van der Waals surface area contributed by atoms with Crippen molar-refractivity contribution in [1.29, 1.82) is 0 Å². The summed E-state index contributed by atoms with van der Waals surface area (Å²) < 4.78 is 0. The van der Waals surface area contributed by atoms with Crippen molar-refractivity contribution < 1.29 is 0 Å². The molecule has 44 valence electrons. The first-order chi connectivity index (χ1) is 3.91. The van der Waals surface area contributed by atoms with Gasteiger partial charge in [0, 0.05) is 0 Å². The van der Waals surface area contributed by atoms with Crippen molar-refractivity contribution in [2.75, 3.05) is 0 Å². The minimum absolute atomic E-state index is 0.875. The Bertz CT molecular complexity index is 70.1. The van der Waals surface area contributed by atoms with Crippen LogP contribution in [0.2, 0.25) is 0 Å². The summed E-state index contributed by atoms with van der Waals surface area (Å²) >= 11 is 0. The molecule has 0 aliphatic carbocycles. The maximum atomic E-state index is 5.12. The van der Waals surface area contributed by atoms with Gasteiger partial charge in [-0.3, -0.25) is 0 Å². The Morgan fingerprint density at radius 3 is 2.62 bits per heavy atom. The Hall–Kier alpha value is -0.520. The van der Waals surface area contributed by atoms with Crippen LogP contribution in [0.1, 0.15) is 19.3 Å². The average Bonchev–Trinajstić information content (AvgIpc) is 1.81. The Balaban J connectivity index is 2.94. The van der Waals surface area contributed by atoms with Crippen LogP contribution in [-0.4, -0.2) is 0 Å². The summed E-state index contributed by atoms with van der Waals surface area (Å²) in [4.78, 5) is 0. The zero-order chi connectivity index (χ0) is 6.24. The molecule has 8 heavy (non-hydrogen) atoms. The van der Waals surface area contributed by atoms with Gasteiger partial charge in [-0.25, -0.2) is 0 Å². The van der Waals surface area contributed by atoms with Crippen LogP contribution < -0.4 is 0 Å². The molecule has 0 bridgehead atoms. The quantitative estimate of drug-likeness (QED) is 0.485. The summed E-state index contributed by atoms with van der Waals surface area (Å²) in [5.74, 6) is 0. The average molecular weight is 108 g/mol. The van der Waals surface area contributed by atoms with E-state index in [2.05, 4.69) is 13.0 Å². The number of rotatable bonds is 4. The smallest absolute Gasteiger partial charge is 0.0166 e.